The van der Waals surface area contributed by atoms with Gasteiger partial charge in [-0.05, 0) is 56.8 Å². The first-order valence-electron chi connectivity index (χ1n) is 6.79. The maximum Gasteiger partial charge on any atom is 0.0209 e. The summed E-state index contributed by atoms with van der Waals surface area (Å²) in [4.78, 5) is 0. The highest BCUT2D eigenvalue weighted by Crippen LogP contribution is 2.60. The van der Waals surface area contributed by atoms with Gasteiger partial charge in [0, 0.05) is 11.1 Å². The molecule has 4 rings (SSSR count). The number of nitrogens with one attached hydrogen (secondary N) is 1. The van der Waals surface area contributed by atoms with Crippen molar-refractivity contribution in [3.8, 4) is 0 Å². The third kappa shape index (κ3) is 1.32. The molecule has 3 bridgehead atoms. The minimum atomic E-state index is 0.499. The van der Waals surface area contributed by atoms with Crippen molar-refractivity contribution < 1.29 is 0 Å². The van der Waals surface area contributed by atoms with E-state index in [2.05, 4.69) is 26.1 Å². The van der Waals surface area contributed by atoms with E-state index in [1.54, 1.807) is 0 Å². The van der Waals surface area contributed by atoms with Crippen molar-refractivity contribution in [2.45, 2.75) is 76.8 Å². The largest absolute Gasteiger partial charge is 0.306 e. The molecule has 2 saturated heterocycles. The molecule has 0 aromatic rings. The van der Waals surface area contributed by atoms with Gasteiger partial charge in [-0.1, -0.05) is 20.3 Å². The van der Waals surface area contributed by atoms with Crippen LogP contribution in [-0.2, 0) is 0 Å². The summed E-state index contributed by atoms with van der Waals surface area (Å²) >= 11 is 0. The standard InChI is InChI=1S/C14H25N/c1-4-11-5-6-13(3)10-14(15-13)8-7-12(11,2)9-14/h11,15H,4-10H2,1-3H3. The monoisotopic (exact) mass is 207 g/mol. The topological polar surface area (TPSA) is 12.0 Å². The number of hydrogen-bond acceptors (Lipinski definition) is 1. The van der Waals surface area contributed by atoms with E-state index >= 15 is 0 Å². The van der Waals surface area contributed by atoms with Crippen molar-refractivity contribution in [3.05, 3.63) is 0 Å². The Morgan fingerprint density at radius 3 is 2.53 bits per heavy atom. The van der Waals surface area contributed by atoms with Crippen molar-refractivity contribution in [2.24, 2.45) is 11.3 Å². The fourth-order valence-electron chi connectivity index (χ4n) is 5.14. The molecule has 4 unspecified atom stereocenters. The van der Waals surface area contributed by atoms with E-state index in [-0.39, 0.29) is 0 Å². The Labute approximate surface area is 94.0 Å². The lowest BCUT2D eigenvalue weighted by molar-refractivity contribution is 0.00407. The first kappa shape index (κ1) is 10.1. The zero-order chi connectivity index (χ0) is 10.7. The molecule has 4 atom stereocenters. The van der Waals surface area contributed by atoms with E-state index in [4.69, 9.17) is 0 Å². The average molecular weight is 207 g/mol. The molecule has 1 heteroatoms. The predicted octanol–water partition coefficient (Wildman–Crippen LogP) is 3.49. The van der Waals surface area contributed by atoms with Crippen molar-refractivity contribution in [1.29, 1.82) is 0 Å². The van der Waals surface area contributed by atoms with E-state index in [0.29, 0.717) is 16.5 Å². The van der Waals surface area contributed by atoms with Crippen molar-refractivity contribution in [3.63, 3.8) is 0 Å². The van der Waals surface area contributed by atoms with Crippen LogP contribution in [0, 0.1) is 11.3 Å². The maximum absolute atomic E-state index is 3.93. The summed E-state index contributed by atoms with van der Waals surface area (Å²) in [6.45, 7) is 7.38. The lowest BCUT2D eigenvalue weighted by atomic mass is 9.61. The van der Waals surface area contributed by atoms with Gasteiger partial charge in [-0.3, -0.25) is 0 Å². The van der Waals surface area contributed by atoms with Crippen molar-refractivity contribution in [2.75, 3.05) is 0 Å². The smallest absolute Gasteiger partial charge is 0.0209 e. The van der Waals surface area contributed by atoms with Crippen molar-refractivity contribution >= 4 is 0 Å². The van der Waals surface area contributed by atoms with Crippen LogP contribution in [-0.4, -0.2) is 11.1 Å². The van der Waals surface area contributed by atoms with Gasteiger partial charge in [0.2, 0.25) is 0 Å². The van der Waals surface area contributed by atoms with E-state index in [1.165, 1.54) is 44.9 Å². The molecular weight excluding hydrogens is 182 g/mol. The highest BCUT2D eigenvalue weighted by Gasteiger charge is 2.60. The van der Waals surface area contributed by atoms with Crippen LogP contribution in [0.2, 0.25) is 0 Å². The molecule has 1 N–H and O–H groups in total. The Bertz CT molecular complexity index is 277. The van der Waals surface area contributed by atoms with Crippen LogP contribution in [0.5, 0.6) is 0 Å². The average Bonchev–Trinajstić information content (AvgIpc) is 2.45. The van der Waals surface area contributed by atoms with E-state index in [9.17, 15) is 0 Å². The van der Waals surface area contributed by atoms with Crippen LogP contribution < -0.4 is 5.32 Å². The van der Waals surface area contributed by atoms with Gasteiger partial charge in [0.25, 0.3) is 0 Å². The van der Waals surface area contributed by atoms with Gasteiger partial charge in [-0.15, -0.1) is 0 Å². The van der Waals surface area contributed by atoms with Gasteiger partial charge < -0.3 is 5.32 Å². The molecule has 15 heavy (non-hydrogen) atoms. The van der Waals surface area contributed by atoms with Crippen LogP contribution in [0.3, 0.4) is 0 Å². The second-order valence-electron chi connectivity index (χ2n) is 7.12. The third-order valence-corrected chi connectivity index (χ3v) is 5.74. The summed E-state index contributed by atoms with van der Waals surface area (Å²) in [5.74, 6) is 0.987. The predicted molar refractivity (Wildman–Crippen MR) is 63.9 cm³/mol. The van der Waals surface area contributed by atoms with Gasteiger partial charge in [0.15, 0.2) is 0 Å². The third-order valence-electron chi connectivity index (χ3n) is 5.74. The highest BCUT2D eigenvalue weighted by atomic mass is 15.2. The quantitative estimate of drug-likeness (QED) is 0.694. The van der Waals surface area contributed by atoms with Gasteiger partial charge in [0.05, 0.1) is 0 Å². The minimum absolute atomic E-state index is 0.499. The molecule has 2 aliphatic carbocycles. The number of rotatable bonds is 1. The molecule has 2 saturated carbocycles. The second kappa shape index (κ2) is 2.80. The summed E-state index contributed by atoms with van der Waals surface area (Å²) in [5, 5.41) is 3.93. The lowest BCUT2D eigenvalue weighted by Crippen LogP contribution is -2.70. The minimum Gasteiger partial charge on any atom is -0.306 e. The van der Waals surface area contributed by atoms with Crippen LogP contribution in [0.1, 0.15) is 65.7 Å². The SMILES string of the molecule is CCC1CCC2(C)CC3(CCC1(C)C3)N2. The molecule has 2 aliphatic heterocycles. The molecule has 2 heterocycles. The number of fused-ring (bicyclic) bond motifs is 2. The lowest BCUT2D eigenvalue weighted by Gasteiger charge is -2.58. The fraction of sp³-hybridized carbons (Fsp3) is 1.00. The van der Waals surface area contributed by atoms with Gasteiger partial charge in [0.1, 0.15) is 0 Å². The Hall–Kier alpha value is -0.0400. The van der Waals surface area contributed by atoms with Crippen LogP contribution in [0.4, 0.5) is 0 Å². The molecule has 4 fully saturated rings. The van der Waals surface area contributed by atoms with Crippen LogP contribution in [0.15, 0.2) is 0 Å². The Kier molecular flexibility index (Phi) is 1.89. The Morgan fingerprint density at radius 2 is 1.87 bits per heavy atom. The Balaban J connectivity index is 1.89. The summed E-state index contributed by atoms with van der Waals surface area (Å²) < 4.78 is 0. The molecule has 1 spiro atoms. The van der Waals surface area contributed by atoms with E-state index in [0.717, 1.165) is 5.92 Å². The molecule has 0 aromatic heterocycles. The molecule has 86 valence electrons. The summed E-state index contributed by atoms with van der Waals surface area (Å²) in [5.41, 5.74) is 1.72. The molecule has 1 nitrogen and oxygen atoms in total. The van der Waals surface area contributed by atoms with Crippen LogP contribution in [0.25, 0.3) is 0 Å². The fourth-order valence-corrected chi connectivity index (χ4v) is 5.14. The van der Waals surface area contributed by atoms with Crippen LogP contribution >= 0.6 is 0 Å². The highest BCUT2D eigenvalue weighted by molar-refractivity contribution is 5.18. The molecule has 0 amide bonds. The summed E-state index contributed by atoms with van der Waals surface area (Å²) in [7, 11) is 0. The van der Waals surface area contributed by atoms with E-state index in [1.807, 2.05) is 0 Å². The van der Waals surface area contributed by atoms with E-state index < -0.39 is 0 Å². The Morgan fingerprint density at radius 1 is 1.13 bits per heavy atom. The molecule has 0 aromatic carbocycles. The first-order valence-corrected chi connectivity index (χ1v) is 6.79. The summed E-state index contributed by atoms with van der Waals surface area (Å²) in [6.07, 6.45) is 10.1. The molecular formula is C14H25N. The first-order chi connectivity index (χ1) is 6.99. The second-order valence-corrected chi connectivity index (χ2v) is 7.12. The van der Waals surface area contributed by atoms with Gasteiger partial charge in [-0.25, -0.2) is 0 Å². The normalized spacial score (nSPS) is 58.2. The van der Waals surface area contributed by atoms with Gasteiger partial charge >= 0.3 is 0 Å². The summed E-state index contributed by atoms with van der Waals surface area (Å²) in [6, 6.07) is 0. The zero-order valence-electron chi connectivity index (χ0n) is 10.5. The van der Waals surface area contributed by atoms with Crippen molar-refractivity contribution in [1.82, 2.24) is 5.32 Å². The molecule has 4 aliphatic rings. The van der Waals surface area contributed by atoms with Gasteiger partial charge in [-0.2, -0.15) is 0 Å². The molecule has 0 radical (unpaired) electrons. The zero-order valence-corrected chi connectivity index (χ0v) is 10.5. The number of hydrogen-bond donors (Lipinski definition) is 1. The maximum atomic E-state index is 3.93.